The number of nitrogens with two attached hydrogens (primary N) is 1. The van der Waals surface area contributed by atoms with E-state index in [9.17, 15) is 0 Å². The van der Waals surface area contributed by atoms with Gasteiger partial charge in [-0.25, -0.2) is 0 Å². The minimum atomic E-state index is 0.434. The fourth-order valence-corrected chi connectivity index (χ4v) is 2.39. The Kier molecular flexibility index (Phi) is 5.32. The first-order valence-corrected chi connectivity index (χ1v) is 7.28. The van der Waals surface area contributed by atoms with Crippen LogP contribution in [-0.4, -0.2) is 24.7 Å². The van der Waals surface area contributed by atoms with E-state index in [1.165, 1.54) is 0 Å². The molecule has 20 heavy (non-hydrogen) atoms. The van der Waals surface area contributed by atoms with Crippen molar-refractivity contribution in [2.75, 3.05) is 25.1 Å². The summed E-state index contributed by atoms with van der Waals surface area (Å²) >= 11 is 5.11. The van der Waals surface area contributed by atoms with Gasteiger partial charge in [0.05, 0.1) is 0 Å². The summed E-state index contributed by atoms with van der Waals surface area (Å²) in [5, 5.41) is 5.69. The topological polar surface area (TPSA) is 47.3 Å². The summed E-state index contributed by atoms with van der Waals surface area (Å²) in [6.45, 7) is 4.45. The van der Waals surface area contributed by atoms with E-state index in [0.717, 1.165) is 48.2 Å². The van der Waals surface area contributed by atoms with Crippen LogP contribution in [0.1, 0.15) is 18.9 Å². The molecule has 0 saturated carbocycles. The summed E-state index contributed by atoms with van der Waals surface area (Å²) < 4.78 is 5.34. The number of nitrogens with one attached hydrogen (secondary N) is 1. The lowest BCUT2D eigenvalue weighted by Crippen LogP contribution is -2.11. The Labute approximate surface area is 125 Å². The Hall–Kier alpha value is -1.65. The van der Waals surface area contributed by atoms with Gasteiger partial charge in [-0.3, -0.25) is 0 Å². The summed E-state index contributed by atoms with van der Waals surface area (Å²) in [4.78, 5) is 0.434. The number of benzene rings is 2. The molecule has 0 unspecified atom stereocenters. The summed E-state index contributed by atoms with van der Waals surface area (Å²) in [5.74, 6) is 0. The Bertz CT molecular complexity index is 598. The van der Waals surface area contributed by atoms with E-state index >= 15 is 0 Å². The molecular weight excluding hydrogens is 268 g/mol. The van der Waals surface area contributed by atoms with Crippen molar-refractivity contribution < 1.29 is 4.74 Å². The van der Waals surface area contributed by atoms with Crippen LogP contribution in [-0.2, 0) is 4.74 Å². The van der Waals surface area contributed by atoms with Crippen LogP contribution >= 0.6 is 12.2 Å². The minimum Gasteiger partial charge on any atom is -0.389 e. The molecule has 0 radical (unpaired) electrons. The van der Waals surface area contributed by atoms with E-state index in [1.54, 1.807) is 0 Å². The molecule has 0 bridgehead atoms. The molecule has 3 nitrogen and oxygen atoms in total. The fourth-order valence-electron chi connectivity index (χ4n) is 2.21. The van der Waals surface area contributed by atoms with Gasteiger partial charge in [-0.15, -0.1) is 0 Å². The lowest BCUT2D eigenvalue weighted by atomic mass is 10.0. The van der Waals surface area contributed by atoms with E-state index in [1.807, 2.05) is 31.2 Å². The third-order valence-corrected chi connectivity index (χ3v) is 3.39. The second kappa shape index (κ2) is 7.22. The van der Waals surface area contributed by atoms with Gasteiger partial charge in [0.1, 0.15) is 4.99 Å². The number of rotatable bonds is 7. The predicted molar refractivity (Wildman–Crippen MR) is 89.4 cm³/mol. The van der Waals surface area contributed by atoms with Gasteiger partial charge in [0.15, 0.2) is 0 Å². The molecule has 2 aromatic rings. The van der Waals surface area contributed by atoms with Gasteiger partial charge in [-0.1, -0.05) is 36.5 Å². The molecule has 0 aromatic heterocycles. The quantitative estimate of drug-likeness (QED) is 0.606. The Morgan fingerprint density at radius 1 is 1.20 bits per heavy atom. The van der Waals surface area contributed by atoms with Gasteiger partial charge in [0.2, 0.25) is 0 Å². The lowest BCUT2D eigenvalue weighted by molar-refractivity contribution is 0.147. The minimum absolute atomic E-state index is 0.434. The summed E-state index contributed by atoms with van der Waals surface area (Å²) in [6.07, 6.45) is 0.985. The van der Waals surface area contributed by atoms with Crippen LogP contribution in [0.2, 0.25) is 0 Å². The highest BCUT2D eigenvalue weighted by Crippen LogP contribution is 2.26. The number of fused-ring (bicyclic) bond motifs is 1. The maximum absolute atomic E-state index is 5.78. The maximum Gasteiger partial charge on any atom is 0.104 e. The van der Waals surface area contributed by atoms with Crippen LogP contribution in [0, 0.1) is 0 Å². The normalized spacial score (nSPS) is 10.7. The van der Waals surface area contributed by atoms with Crippen molar-refractivity contribution in [3.63, 3.8) is 0 Å². The molecular formula is C16H20N2OS. The van der Waals surface area contributed by atoms with Crippen LogP contribution in [0.4, 0.5) is 5.69 Å². The Balaban J connectivity index is 2.18. The van der Waals surface area contributed by atoms with E-state index in [2.05, 4.69) is 17.4 Å². The van der Waals surface area contributed by atoms with Crippen LogP contribution < -0.4 is 11.1 Å². The number of anilines is 1. The number of thiocarbonyl (C=S) groups is 1. The lowest BCUT2D eigenvalue weighted by Gasteiger charge is -2.12. The van der Waals surface area contributed by atoms with Gasteiger partial charge >= 0.3 is 0 Å². The van der Waals surface area contributed by atoms with Crippen molar-refractivity contribution in [3.8, 4) is 0 Å². The summed E-state index contributed by atoms with van der Waals surface area (Å²) in [6, 6.07) is 12.2. The summed E-state index contributed by atoms with van der Waals surface area (Å²) in [5.41, 5.74) is 7.81. The molecule has 0 spiro atoms. The van der Waals surface area contributed by atoms with Crippen LogP contribution in [0.15, 0.2) is 36.4 Å². The van der Waals surface area contributed by atoms with E-state index in [-0.39, 0.29) is 0 Å². The smallest absolute Gasteiger partial charge is 0.104 e. The highest BCUT2D eigenvalue weighted by molar-refractivity contribution is 7.80. The molecule has 2 aromatic carbocycles. The zero-order chi connectivity index (χ0) is 14.4. The molecule has 0 amide bonds. The molecule has 0 aliphatic heterocycles. The van der Waals surface area contributed by atoms with Crippen molar-refractivity contribution in [2.24, 2.45) is 5.73 Å². The van der Waals surface area contributed by atoms with Crippen LogP contribution in [0.3, 0.4) is 0 Å². The number of hydrogen-bond acceptors (Lipinski definition) is 3. The van der Waals surface area contributed by atoms with Crippen molar-refractivity contribution in [1.29, 1.82) is 0 Å². The van der Waals surface area contributed by atoms with Crippen LogP contribution in [0.5, 0.6) is 0 Å². The fraction of sp³-hybridized carbons (Fsp3) is 0.312. The van der Waals surface area contributed by atoms with Crippen LogP contribution in [0.25, 0.3) is 10.8 Å². The molecule has 3 N–H and O–H groups in total. The molecule has 0 fully saturated rings. The molecule has 106 valence electrons. The number of hydrogen-bond donors (Lipinski definition) is 2. The van der Waals surface area contributed by atoms with E-state index in [4.69, 9.17) is 22.7 Å². The van der Waals surface area contributed by atoms with Crippen molar-refractivity contribution in [2.45, 2.75) is 13.3 Å². The maximum atomic E-state index is 5.78. The monoisotopic (exact) mass is 288 g/mol. The average Bonchev–Trinajstić information content (AvgIpc) is 2.46. The second-order valence-corrected chi connectivity index (χ2v) is 4.99. The molecule has 0 heterocycles. The van der Waals surface area contributed by atoms with Gasteiger partial charge in [0.25, 0.3) is 0 Å². The van der Waals surface area contributed by atoms with Gasteiger partial charge in [-0.05, 0) is 30.9 Å². The third-order valence-electron chi connectivity index (χ3n) is 3.17. The Morgan fingerprint density at radius 2 is 1.95 bits per heavy atom. The SMILES string of the molecule is CCOCCCNc1ccc(C(N)=S)c2ccccc12. The molecule has 0 aliphatic carbocycles. The molecule has 2 rings (SSSR count). The van der Waals surface area contributed by atoms with E-state index < -0.39 is 0 Å². The highest BCUT2D eigenvalue weighted by Gasteiger charge is 2.06. The van der Waals surface area contributed by atoms with Gasteiger partial charge in [-0.2, -0.15) is 0 Å². The number of ether oxygens (including phenoxy) is 1. The van der Waals surface area contributed by atoms with Crippen molar-refractivity contribution in [1.82, 2.24) is 0 Å². The Morgan fingerprint density at radius 3 is 2.65 bits per heavy atom. The molecule has 0 aliphatic rings. The molecule has 0 saturated heterocycles. The van der Waals surface area contributed by atoms with E-state index in [0.29, 0.717) is 4.99 Å². The highest BCUT2D eigenvalue weighted by atomic mass is 32.1. The third kappa shape index (κ3) is 3.46. The first-order chi connectivity index (χ1) is 9.74. The van der Waals surface area contributed by atoms with Gasteiger partial charge < -0.3 is 15.8 Å². The largest absolute Gasteiger partial charge is 0.389 e. The average molecular weight is 288 g/mol. The zero-order valence-corrected chi connectivity index (χ0v) is 12.5. The molecule has 0 atom stereocenters. The summed E-state index contributed by atoms with van der Waals surface area (Å²) in [7, 11) is 0. The molecule has 4 heteroatoms. The first kappa shape index (κ1) is 14.8. The zero-order valence-electron chi connectivity index (χ0n) is 11.7. The van der Waals surface area contributed by atoms with Crippen molar-refractivity contribution >= 4 is 33.7 Å². The standard InChI is InChI=1S/C16H20N2OS/c1-2-19-11-5-10-18-15-9-8-14(16(17)20)12-6-3-4-7-13(12)15/h3-4,6-9,18H,2,5,10-11H2,1H3,(H2,17,20). The van der Waals surface area contributed by atoms with Gasteiger partial charge in [0, 0.05) is 36.4 Å². The first-order valence-electron chi connectivity index (χ1n) is 6.87. The second-order valence-electron chi connectivity index (χ2n) is 4.55. The predicted octanol–water partition coefficient (Wildman–Crippen LogP) is 3.31. The van der Waals surface area contributed by atoms with Crippen molar-refractivity contribution in [3.05, 3.63) is 42.0 Å².